The van der Waals surface area contributed by atoms with E-state index in [2.05, 4.69) is 4.74 Å². The van der Waals surface area contributed by atoms with Crippen LogP contribution in [0.4, 0.5) is 0 Å². The van der Waals surface area contributed by atoms with Crippen LogP contribution in [0.1, 0.15) is 0 Å². The van der Waals surface area contributed by atoms with Crippen molar-refractivity contribution >= 4 is 11.8 Å². The quantitative estimate of drug-likeness (QED) is 0.336. The lowest BCUT2D eigenvalue weighted by molar-refractivity contribution is -0.174. The van der Waals surface area contributed by atoms with E-state index in [-0.39, 0.29) is 0 Å². The van der Waals surface area contributed by atoms with E-state index in [1.165, 1.54) is 0 Å². The molecule has 1 aliphatic heterocycles. The van der Waals surface area contributed by atoms with Gasteiger partial charge in [0.2, 0.25) is 11.5 Å². The van der Waals surface area contributed by atoms with E-state index in [1.807, 2.05) is 0 Å². The molecule has 0 saturated carbocycles. The van der Waals surface area contributed by atoms with Crippen molar-refractivity contribution in [3.05, 3.63) is 11.5 Å². The minimum atomic E-state index is -2.63. The van der Waals surface area contributed by atoms with Gasteiger partial charge in [0.25, 0.3) is 5.60 Å². The summed E-state index contributed by atoms with van der Waals surface area (Å²) in [5.41, 5.74) is -2.63. The van der Waals surface area contributed by atoms with Crippen LogP contribution in [-0.2, 0) is 14.3 Å². The number of Topliss-reactive ketones (excluding diaryl/α,β-unsaturated/α-hetero) is 1. The van der Waals surface area contributed by atoms with Crippen molar-refractivity contribution in [2.45, 2.75) is 11.7 Å². The average Bonchev–Trinajstić information content (AvgIpc) is 2.52. The van der Waals surface area contributed by atoms with Crippen LogP contribution in [0.5, 0.6) is 0 Å². The molecule has 8 heteroatoms. The number of carbonyl (C=O) groups is 2. The number of cyclic esters (lactones) is 1. The summed E-state index contributed by atoms with van der Waals surface area (Å²) in [5, 5.41) is 45.1. The van der Waals surface area contributed by atoms with Gasteiger partial charge in [-0.2, -0.15) is 0 Å². The molecule has 1 aliphatic rings. The van der Waals surface area contributed by atoms with Gasteiger partial charge < -0.3 is 30.3 Å². The van der Waals surface area contributed by atoms with Gasteiger partial charge in [0.1, 0.15) is 12.7 Å². The highest BCUT2D eigenvalue weighted by atomic mass is 16.6. The Kier molecular flexibility index (Phi) is 3.17. The van der Waals surface area contributed by atoms with Gasteiger partial charge in [0, 0.05) is 0 Å². The number of esters is 1. The van der Waals surface area contributed by atoms with Crippen LogP contribution >= 0.6 is 0 Å². The first kappa shape index (κ1) is 12.4. The summed E-state index contributed by atoms with van der Waals surface area (Å²) >= 11 is 0. The molecule has 5 N–H and O–H groups in total. The lowest BCUT2D eigenvalue weighted by Gasteiger charge is -2.29. The topological polar surface area (TPSA) is 145 Å². The summed E-state index contributed by atoms with van der Waals surface area (Å²) in [5.74, 6) is -5.15. The highest BCUT2D eigenvalue weighted by Gasteiger charge is 2.59. The van der Waals surface area contributed by atoms with E-state index in [0.717, 1.165) is 0 Å². The Morgan fingerprint density at radius 1 is 1.38 bits per heavy atom. The van der Waals surface area contributed by atoms with Crippen molar-refractivity contribution in [2.75, 3.05) is 13.2 Å². The van der Waals surface area contributed by atoms with Crippen LogP contribution in [-0.4, -0.2) is 62.2 Å². The molecule has 0 spiro atoms. The lowest BCUT2D eigenvalue weighted by atomic mass is 9.90. The summed E-state index contributed by atoms with van der Waals surface area (Å²) in [6, 6.07) is 0. The molecule has 1 rings (SSSR count). The monoisotopic (exact) mass is 234 g/mol. The van der Waals surface area contributed by atoms with Crippen LogP contribution in [0.3, 0.4) is 0 Å². The molecule has 16 heavy (non-hydrogen) atoms. The number of aliphatic hydroxyl groups excluding tert-OH is 5. The van der Waals surface area contributed by atoms with Gasteiger partial charge in [0.05, 0.1) is 6.61 Å². The lowest BCUT2D eigenvalue weighted by Crippen LogP contribution is -2.54. The Labute approximate surface area is 89.0 Å². The number of carbonyl (C=O) groups excluding carboxylic acids is 2. The molecule has 0 bridgehead atoms. The second-order valence-electron chi connectivity index (χ2n) is 3.10. The first-order valence-electron chi connectivity index (χ1n) is 4.20. The first-order chi connectivity index (χ1) is 7.41. The SMILES string of the molecule is O=C1O[C@](C(=O)CO)([C@@H](O)CO)C(O)=C1O. The maximum absolute atomic E-state index is 11.3. The Morgan fingerprint density at radius 2 is 1.94 bits per heavy atom. The van der Waals surface area contributed by atoms with Crippen LogP contribution in [0.2, 0.25) is 0 Å². The van der Waals surface area contributed by atoms with Crippen LogP contribution < -0.4 is 0 Å². The summed E-state index contributed by atoms with van der Waals surface area (Å²) in [7, 11) is 0. The molecule has 0 fully saturated rings. The molecular formula is C8H10O8. The molecule has 2 atom stereocenters. The zero-order valence-electron chi connectivity index (χ0n) is 7.95. The van der Waals surface area contributed by atoms with E-state index in [1.54, 1.807) is 0 Å². The molecule has 0 amide bonds. The normalized spacial score (nSPS) is 26.8. The molecule has 0 unspecified atom stereocenters. The third kappa shape index (κ3) is 1.43. The summed E-state index contributed by atoms with van der Waals surface area (Å²) in [4.78, 5) is 22.3. The third-order valence-corrected chi connectivity index (χ3v) is 2.22. The fourth-order valence-electron chi connectivity index (χ4n) is 1.36. The van der Waals surface area contributed by atoms with Gasteiger partial charge in [-0.3, -0.25) is 4.79 Å². The minimum Gasteiger partial charge on any atom is -0.505 e. The number of aliphatic hydroxyl groups is 5. The van der Waals surface area contributed by atoms with Crippen molar-refractivity contribution in [2.24, 2.45) is 0 Å². The van der Waals surface area contributed by atoms with Gasteiger partial charge in [-0.15, -0.1) is 0 Å². The predicted molar refractivity (Wildman–Crippen MR) is 46.3 cm³/mol. The van der Waals surface area contributed by atoms with E-state index < -0.39 is 48.2 Å². The summed E-state index contributed by atoms with van der Waals surface area (Å²) < 4.78 is 4.35. The van der Waals surface area contributed by atoms with Crippen LogP contribution in [0.15, 0.2) is 11.5 Å². The molecule has 0 aliphatic carbocycles. The zero-order valence-corrected chi connectivity index (χ0v) is 7.95. The van der Waals surface area contributed by atoms with E-state index >= 15 is 0 Å². The fourth-order valence-corrected chi connectivity index (χ4v) is 1.36. The molecule has 0 radical (unpaired) electrons. The standard InChI is InChI=1S/C8H10O8/c9-1-3(11)8(4(12)2-10)6(14)5(13)7(15)16-8/h3,9-11,13-14H,1-2H2/t3-,8-/m0/s1. The Balaban J connectivity index is 3.29. The zero-order chi connectivity index (χ0) is 12.5. The minimum absolute atomic E-state index is 1.02. The molecule has 0 saturated heterocycles. The molecule has 0 aromatic rings. The first-order valence-corrected chi connectivity index (χ1v) is 4.20. The van der Waals surface area contributed by atoms with Crippen molar-refractivity contribution in [3.8, 4) is 0 Å². The largest absolute Gasteiger partial charge is 0.505 e. The highest BCUT2D eigenvalue weighted by molar-refractivity contribution is 6.01. The Morgan fingerprint density at radius 3 is 2.25 bits per heavy atom. The highest BCUT2D eigenvalue weighted by Crippen LogP contribution is 2.34. The molecule has 0 aromatic heterocycles. The van der Waals surface area contributed by atoms with Crippen molar-refractivity contribution in [1.82, 2.24) is 0 Å². The summed E-state index contributed by atoms with van der Waals surface area (Å²) in [6.07, 6.45) is -1.99. The number of ketones is 1. The number of hydrogen-bond donors (Lipinski definition) is 5. The Hall–Kier alpha value is -1.64. The second-order valence-corrected chi connectivity index (χ2v) is 3.10. The maximum atomic E-state index is 11.3. The van der Waals surface area contributed by atoms with Crippen molar-refractivity contribution in [3.63, 3.8) is 0 Å². The molecule has 0 aromatic carbocycles. The van der Waals surface area contributed by atoms with Crippen LogP contribution in [0, 0.1) is 0 Å². The second kappa shape index (κ2) is 4.08. The fraction of sp³-hybridized carbons (Fsp3) is 0.500. The molecule has 8 nitrogen and oxygen atoms in total. The molecule has 1 heterocycles. The van der Waals surface area contributed by atoms with Gasteiger partial charge in [-0.1, -0.05) is 0 Å². The molecule has 90 valence electrons. The van der Waals surface area contributed by atoms with E-state index in [0.29, 0.717) is 0 Å². The molecular weight excluding hydrogens is 224 g/mol. The van der Waals surface area contributed by atoms with Crippen molar-refractivity contribution < 1.29 is 39.9 Å². The van der Waals surface area contributed by atoms with Gasteiger partial charge in [-0.25, -0.2) is 4.79 Å². The number of ether oxygens (including phenoxy) is 1. The smallest absolute Gasteiger partial charge is 0.378 e. The van der Waals surface area contributed by atoms with Gasteiger partial charge in [-0.05, 0) is 0 Å². The summed E-state index contributed by atoms with van der Waals surface area (Å²) in [6.45, 7) is -2.17. The Bertz CT molecular complexity index is 359. The van der Waals surface area contributed by atoms with Gasteiger partial charge in [0.15, 0.2) is 5.76 Å². The van der Waals surface area contributed by atoms with Crippen molar-refractivity contribution in [1.29, 1.82) is 0 Å². The number of hydrogen-bond acceptors (Lipinski definition) is 8. The maximum Gasteiger partial charge on any atom is 0.378 e. The van der Waals surface area contributed by atoms with Gasteiger partial charge >= 0.3 is 5.97 Å². The average molecular weight is 234 g/mol. The number of rotatable bonds is 4. The van der Waals surface area contributed by atoms with Crippen LogP contribution in [0.25, 0.3) is 0 Å². The van der Waals surface area contributed by atoms with E-state index in [4.69, 9.17) is 15.3 Å². The predicted octanol–water partition coefficient (Wildman–Crippen LogP) is -2.48. The van der Waals surface area contributed by atoms with E-state index in [9.17, 15) is 19.8 Å². The third-order valence-electron chi connectivity index (χ3n) is 2.22.